The summed E-state index contributed by atoms with van der Waals surface area (Å²) < 4.78 is 11.8. The molecule has 0 amide bonds. The van der Waals surface area contributed by atoms with Crippen LogP contribution >= 0.6 is 0 Å². The molecule has 0 spiro atoms. The van der Waals surface area contributed by atoms with Crippen molar-refractivity contribution in [3.63, 3.8) is 0 Å². The third-order valence-corrected chi connectivity index (χ3v) is 7.54. The zero-order valence-corrected chi connectivity index (χ0v) is 25.3. The first kappa shape index (κ1) is 32.9. The van der Waals surface area contributed by atoms with Gasteiger partial charge in [-0.25, -0.2) is 0 Å². The molecule has 0 aliphatic rings. The Morgan fingerprint density at radius 3 is 1.87 bits per heavy atom. The topological polar surface area (TPSA) is 35.5 Å². The van der Waals surface area contributed by atoms with Crippen LogP contribution in [0.3, 0.4) is 0 Å². The number of benzene rings is 2. The van der Waals surface area contributed by atoms with Gasteiger partial charge in [0.05, 0.1) is 20.6 Å². The summed E-state index contributed by atoms with van der Waals surface area (Å²) in [6.45, 7) is 4.29. The summed E-state index contributed by atoms with van der Waals surface area (Å²) in [6, 6.07) is 18.8. The fourth-order valence-electron chi connectivity index (χ4n) is 5.12. The molecule has 0 aromatic heterocycles. The second kappa shape index (κ2) is 20.6. The lowest BCUT2D eigenvalue weighted by atomic mass is 10.0. The third-order valence-electron chi connectivity index (χ3n) is 7.54. The van der Waals surface area contributed by atoms with E-state index in [1.54, 1.807) is 0 Å². The van der Waals surface area contributed by atoms with Crippen molar-refractivity contribution >= 4 is 5.97 Å². The Kier molecular flexibility index (Phi) is 17.3. The number of ether oxygens (including phenoxy) is 2. The van der Waals surface area contributed by atoms with Gasteiger partial charge in [-0.05, 0) is 43.4 Å². The molecule has 4 heteroatoms. The maximum atomic E-state index is 12.1. The molecule has 2 aromatic carbocycles. The Morgan fingerprint density at radius 1 is 0.667 bits per heavy atom. The SMILES string of the molecule is CCCCCCCCCCCCCCc1ccc(OCOC(=O)CCCC[N+](C)(C)Cc2ccccc2)cc1. The molecule has 0 bridgehead atoms. The minimum absolute atomic E-state index is 0.0213. The largest absolute Gasteiger partial charge is 0.457 e. The van der Waals surface area contributed by atoms with Gasteiger partial charge in [0.1, 0.15) is 12.3 Å². The van der Waals surface area contributed by atoms with E-state index in [2.05, 4.69) is 63.5 Å². The van der Waals surface area contributed by atoms with Crippen molar-refractivity contribution in [2.45, 2.75) is 116 Å². The maximum Gasteiger partial charge on any atom is 0.308 e. The van der Waals surface area contributed by atoms with Gasteiger partial charge in [0.15, 0.2) is 0 Å². The predicted octanol–water partition coefficient (Wildman–Crippen LogP) is 9.26. The second-order valence-corrected chi connectivity index (χ2v) is 11.8. The predicted molar refractivity (Wildman–Crippen MR) is 164 cm³/mol. The Hall–Kier alpha value is -2.33. The van der Waals surface area contributed by atoms with Crippen LogP contribution in [0.5, 0.6) is 5.75 Å². The Morgan fingerprint density at radius 2 is 1.26 bits per heavy atom. The summed E-state index contributed by atoms with van der Waals surface area (Å²) in [6.07, 6.45) is 19.9. The number of rotatable bonds is 23. The standard InChI is InChI=1S/C35H56NO3/c1-4-5-6-7-8-9-10-11-12-13-14-16-21-32-25-27-34(28-26-32)38-31-39-35(37)24-19-20-29-36(2,3)30-33-22-17-15-18-23-33/h15,17-18,22-23,25-28H,4-14,16,19-21,24,29-31H2,1-3H3/q+1. The lowest BCUT2D eigenvalue weighted by molar-refractivity contribution is -0.903. The number of carbonyl (C=O) groups is 1. The van der Waals surface area contributed by atoms with Crippen LogP contribution < -0.4 is 4.74 Å². The summed E-state index contributed by atoms with van der Waals surface area (Å²) in [5.74, 6) is 0.563. The highest BCUT2D eigenvalue weighted by atomic mass is 16.7. The molecule has 2 rings (SSSR count). The Balaban J connectivity index is 1.44. The molecule has 4 nitrogen and oxygen atoms in total. The normalized spacial score (nSPS) is 11.5. The number of quaternary nitrogens is 1. The molecule has 0 heterocycles. The van der Waals surface area contributed by atoms with Crippen molar-refractivity contribution in [2.75, 3.05) is 27.4 Å². The van der Waals surface area contributed by atoms with Crippen molar-refractivity contribution in [1.29, 1.82) is 0 Å². The summed E-state index contributed by atoms with van der Waals surface area (Å²) >= 11 is 0. The average molecular weight is 539 g/mol. The van der Waals surface area contributed by atoms with Crippen LogP contribution in [0.4, 0.5) is 0 Å². The van der Waals surface area contributed by atoms with Crippen molar-refractivity contribution < 1.29 is 18.8 Å². The number of carbonyl (C=O) groups excluding carboxylic acids is 1. The molecule has 0 N–H and O–H groups in total. The van der Waals surface area contributed by atoms with Gasteiger partial charge < -0.3 is 14.0 Å². The van der Waals surface area contributed by atoms with Gasteiger partial charge in [-0.1, -0.05) is 120 Å². The van der Waals surface area contributed by atoms with Crippen LogP contribution in [-0.2, 0) is 22.5 Å². The zero-order chi connectivity index (χ0) is 28.0. The number of aryl methyl sites for hydroxylation is 1. The molecule has 39 heavy (non-hydrogen) atoms. The van der Waals surface area contributed by atoms with E-state index in [1.165, 1.54) is 88.2 Å². The van der Waals surface area contributed by atoms with E-state index in [4.69, 9.17) is 9.47 Å². The molecule has 218 valence electrons. The molecule has 0 unspecified atom stereocenters. The zero-order valence-electron chi connectivity index (χ0n) is 25.3. The van der Waals surface area contributed by atoms with E-state index >= 15 is 0 Å². The molecule has 0 fully saturated rings. The molecule has 0 aliphatic carbocycles. The minimum Gasteiger partial charge on any atom is -0.457 e. The number of nitrogens with zero attached hydrogens (tertiary/aromatic N) is 1. The molecule has 0 aliphatic heterocycles. The van der Waals surface area contributed by atoms with Gasteiger partial charge in [0.2, 0.25) is 6.79 Å². The van der Waals surface area contributed by atoms with Gasteiger partial charge >= 0.3 is 5.97 Å². The summed E-state index contributed by atoms with van der Waals surface area (Å²) in [5, 5.41) is 0. The lowest BCUT2D eigenvalue weighted by Gasteiger charge is -2.30. The summed E-state index contributed by atoms with van der Waals surface area (Å²) in [4.78, 5) is 12.1. The van der Waals surface area contributed by atoms with E-state index in [0.717, 1.165) is 42.6 Å². The fraction of sp³-hybridized carbons (Fsp3) is 0.629. The monoisotopic (exact) mass is 538 g/mol. The van der Waals surface area contributed by atoms with Gasteiger partial charge in [-0.2, -0.15) is 0 Å². The highest BCUT2D eigenvalue weighted by Crippen LogP contribution is 2.17. The van der Waals surface area contributed by atoms with Crippen molar-refractivity contribution in [1.82, 2.24) is 0 Å². The molecular formula is C35H56NO3+. The third kappa shape index (κ3) is 17.1. The summed E-state index contributed by atoms with van der Waals surface area (Å²) in [7, 11) is 4.48. The van der Waals surface area contributed by atoms with E-state index in [9.17, 15) is 4.79 Å². The van der Waals surface area contributed by atoms with Crippen molar-refractivity contribution in [3.05, 3.63) is 65.7 Å². The molecule has 2 aromatic rings. The minimum atomic E-state index is -0.188. The number of unbranched alkanes of at least 4 members (excludes halogenated alkanes) is 12. The average Bonchev–Trinajstić information content (AvgIpc) is 2.93. The quantitative estimate of drug-likeness (QED) is 0.0612. The van der Waals surface area contributed by atoms with Crippen LogP contribution in [0.2, 0.25) is 0 Å². The smallest absolute Gasteiger partial charge is 0.308 e. The Labute approximate surface area is 239 Å². The van der Waals surface area contributed by atoms with Crippen LogP contribution in [-0.4, -0.2) is 37.9 Å². The Bertz CT molecular complexity index is 863. The fourth-order valence-corrected chi connectivity index (χ4v) is 5.12. The van der Waals surface area contributed by atoms with Crippen LogP contribution in [0, 0.1) is 0 Å². The maximum absolute atomic E-state index is 12.1. The molecule has 0 atom stereocenters. The number of hydrogen-bond acceptors (Lipinski definition) is 3. The van der Waals surface area contributed by atoms with Crippen LogP contribution in [0.1, 0.15) is 114 Å². The van der Waals surface area contributed by atoms with Gasteiger partial charge in [-0.3, -0.25) is 4.79 Å². The first-order chi connectivity index (χ1) is 19.0. The molecular weight excluding hydrogens is 482 g/mol. The molecule has 0 saturated carbocycles. The first-order valence-electron chi connectivity index (χ1n) is 15.7. The van der Waals surface area contributed by atoms with Gasteiger partial charge in [0.25, 0.3) is 0 Å². The highest BCUT2D eigenvalue weighted by molar-refractivity contribution is 5.69. The van der Waals surface area contributed by atoms with Crippen LogP contribution in [0.25, 0.3) is 0 Å². The molecule has 0 radical (unpaired) electrons. The van der Waals surface area contributed by atoms with Gasteiger partial charge in [-0.15, -0.1) is 0 Å². The van der Waals surface area contributed by atoms with E-state index in [1.807, 2.05) is 12.1 Å². The van der Waals surface area contributed by atoms with Crippen molar-refractivity contribution in [3.8, 4) is 5.75 Å². The van der Waals surface area contributed by atoms with E-state index < -0.39 is 0 Å². The van der Waals surface area contributed by atoms with Gasteiger partial charge in [0, 0.05) is 12.0 Å². The highest BCUT2D eigenvalue weighted by Gasteiger charge is 2.15. The second-order valence-electron chi connectivity index (χ2n) is 11.8. The number of esters is 1. The van der Waals surface area contributed by atoms with Crippen LogP contribution in [0.15, 0.2) is 54.6 Å². The van der Waals surface area contributed by atoms with Crippen molar-refractivity contribution in [2.24, 2.45) is 0 Å². The van der Waals surface area contributed by atoms with E-state index in [-0.39, 0.29) is 12.8 Å². The summed E-state index contributed by atoms with van der Waals surface area (Å²) in [5.41, 5.74) is 2.69. The number of hydrogen-bond donors (Lipinski definition) is 0. The van der Waals surface area contributed by atoms with E-state index in [0.29, 0.717) is 6.42 Å². The lowest BCUT2D eigenvalue weighted by Crippen LogP contribution is -2.39. The molecule has 0 saturated heterocycles. The first-order valence-corrected chi connectivity index (χ1v) is 15.7.